The fourth-order valence-electron chi connectivity index (χ4n) is 5.10. The van der Waals surface area contributed by atoms with Gasteiger partial charge in [-0.2, -0.15) is 0 Å². The van der Waals surface area contributed by atoms with Gasteiger partial charge in [0.25, 0.3) is 11.8 Å². The molecule has 0 unspecified atom stereocenters. The fourth-order valence-corrected chi connectivity index (χ4v) is 5.10. The molecule has 3 aliphatic heterocycles. The summed E-state index contributed by atoms with van der Waals surface area (Å²) in [5, 5.41) is 0. The van der Waals surface area contributed by atoms with Crippen LogP contribution in [0.3, 0.4) is 0 Å². The van der Waals surface area contributed by atoms with Crippen molar-refractivity contribution in [3.8, 4) is 0 Å². The van der Waals surface area contributed by atoms with Crippen LogP contribution in [-0.2, 0) is 13.0 Å². The molecule has 0 spiro atoms. The van der Waals surface area contributed by atoms with Crippen molar-refractivity contribution in [2.75, 3.05) is 31.1 Å². The third-order valence-electron chi connectivity index (χ3n) is 6.69. The van der Waals surface area contributed by atoms with Gasteiger partial charge in [0, 0.05) is 50.2 Å². The number of aromatic nitrogens is 1. The number of pyridine rings is 1. The Labute approximate surface area is 183 Å². The number of nitrogens with zero attached hydrogens (tertiary/aromatic N) is 4. The molecule has 1 saturated heterocycles. The van der Waals surface area contributed by atoms with Gasteiger partial charge in [-0.3, -0.25) is 9.59 Å². The van der Waals surface area contributed by atoms with Gasteiger partial charge in [0.2, 0.25) is 0 Å². The van der Waals surface area contributed by atoms with Crippen LogP contribution in [0.25, 0.3) is 0 Å². The Kier molecular flexibility index (Phi) is 5.38. The first-order valence-corrected chi connectivity index (χ1v) is 11.6. The van der Waals surface area contributed by atoms with Gasteiger partial charge in [0.05, 0.1) is 5.56 Å². The smallest absolute Gasteiger partial charge is 0.255 e. The van der Waals surface area contributed by atoms with Gasteiger partial charge in [-0.25, -0.2) is 4.98 Å². The van der Waals surface area contributed by atoms with E-state index in [0.29, 0.717) is 12.1 Å². The van der Waals surface area contributed by atoms with Gasteiger partial charge in [-0.05, 0) is 73.9 Å². The molecule has 0 N–H and O–H groups in total. The van der Waals surface area contributed by atoms with E-state index in [1.54, 1.807) is 6.20 Å². The molecule has 31 heavy (non-hydrogen) atoms. The van der Waals surface area contributed by atoms with E-state index in [-0.39, 0.29) is 11.8 Å². The molecule has 162 valence electrons. The normalized spacial score (nSPS) is 18.2. The number of likely N-dealkylation sites (tertiary alicyclic amines) is 1. The molecule has 6 nitrogen and oxygen atoms in total. The predicted molar refractivity (Wildman–Crippen MR) is 121 cm³/mol. The molecule has 0 saturated carbocycles. The number of carbonyl (C=O) groups is 2. The van der Waals surface area contributed by atoms with Crippen LogP contribution in [0.1, 0.15) is 70.9 Å². The zero-order valence-corrected chi connectivity index (χ0v) is 18.3. The lowest BCUT2D eigenvalue weighted by molar-refractivity contribution is 0.0723. The number of hydrogen-bond acceptors (Lipinski definition) is 4. The van der Waals surface area contributed by atoms with Crippen molar-refractivity contribution >= 4 is 23.3 Å². The third-order valence-corrected chi connectivity index (χ3v) is 6.69. The summed E-state index contributed by atoms with van der Waals surface area (Å²) in [4.78, 5) is 36.4. The molecule has 2 aromatic rings. The first-order valence-electron chi connectivity index (χ1n) is 11.6. The van der Waals surface area contributed by atoms with Gasteiger partial charge >= 0.3 is 0 Å². The van der Waals surface area contributed by atoms with Crippen LogP contribution in [-0.4, -0.2) is 52.8 Å². The summed E-state index contributed by atoms with van der Waals surface area (Å²) in [6.07, 6.45) is 8.07. The van der Waals surface area contributed by atoms with Gasteiger partial charge in [-0.1, -0.05) is 6.92 Å². The summed E-state index contributed by atoms with van der Waals surface area (Å²) >= 11 is 0. The lowest BCUT2D eigenvalue weighted by Crippen LogP contribution is -2.36. The Bertz CT molecular complexity index is 1010. The van der Waals surface area contributed by atoms with Gasteiger partial charge < -0.3 is 14.7 Å². The monoisotopic (exact) mass is 418 g/mol. The Morgan fingerprint density at radius 3 is 2.68 bits per heavy atom. The standard InChI is InChI=1S/C25H30N4O2/c1-2-10-28-17-20-15-21(8-9-22(20)25(28)31)29-13-6-7-18-14-19(16-26-23(18)29)24(30)27-11-4-3-5-12-27/h8-9,14-16H,2-7,10-13,17H2,1H3. The molecule has 2 amide bonds. The van der Waals surface area contributed by atoms with Crippen molar-refractivity contribution in [2.45, 2.75) is 52.0 Å². The highest BCUT2D eigenvalue weighted by Crippen LogP contribution is 2.35. The molecular formula is C25H30N4O2. The minimum absolute atomic E-state index is 0.110. The van der Waals surface area contributed by atoms with Crippen molar-refractivity contribution in [1.29, 1.82) is 0 Å². The molecule has 0 aliphatic carbocycles. The third kappa shape index (κ3) is 3.68. The number of benzene rings is 1. The maximum Gasteiger partial charge on any atom is 0.255 e. The zero-order valence-electron chi connectivity index (χ0n) is 18.3. The van der Waals surface area contributed by atoms with Crippen LogP contribution in [0.2, 0.25) is 0 Å². The Balaban J connectivity index is 1.41. The van der Waals surface area contributed by atoms with Crippen LogP contribution in [0.15, 0.2) is 30.5 Å². The summed E-state index contributed by atoms with van der Waals surface area (Å²) in [6.45, 7) is 6.18. The minimum atomic E-state index is 0.110. The highest BCUT2D eigenvalue weighted by atomic mass is 16.2. The number of amides is 2. The predicted octanol–water partition coefficient (Wildman–Crippen LogP) is 4.16. The summed E-state index contributed by atoms with van der Waals surface area (Å²) in [7, 11) is 0. The van der Waals surface area contributed by atoms with E-state index >= 15 is 0 Å². The molecule has 3 aliphatic rings. The molecule has 1 aromatic heterocycles. The van der Waals surface area contributed by atoms with Crippen LogP contribution < -0.4 is 4.90 Å². The molecule has 1 aromatic carbocycles. The summed E-state index contributed by atoms with van der Waals surface area (Å²) < 4.78 is 0. The number of rotatable bonds is 4. The number of hydrogen-bond donors (Lipinski definition) is 0. The molecule has 5 rings (SSSR count). The average Bonchev–Trinajstić information content (AvgIpc) is 3.13. The second-order valence-corrected chi connectivity index (χ2v) is 8.88. The lowest BCUT2D eigenvalue weighted by atomic mass is 10.0. The van der Waals surface area contributed by atoms with Crippen molar-refractivity contribution in [1.82, 2.24) is 14.8 Å². The first kappa shape index (κ1) is 20.0. The highest BCUT2D eigenvalue weighted by molar-refractivity contribution is 5.99. The molecule has 1 fully saturated rings. The Morgan fingerprint density at radius 2 is 1.87 bits per heavy atom. The second-order valence-electron chi connectivity index (χ2n) is 8.88. The van der Waals surface area contributed by atoms with E-state index < -0.39 is 0 Å². The zero-order chi connectivity index (χ0) is 21.4. The minimum Gasteiger partial charge on any atom is -0.339 e. The van der Waals surface area contributed by atoms with E-state index in [2.05, 4.69) is 17.9 Å². The summed E-state index contributed by atoms with van der Waals surface area (Å²) in [5.74, 6) is 1.19. The Hall–Kier alpha value is -2.89. The van der Waals surface area contributed by atoms with Crippen molar-refractivity contribution in [2.24, 2.45) is 0 Å². The van der Waals surface area contributed by atoms with Crippen molar-refractivity contribution in [3.05, 3.63) is 52.7 Å². The molecule has 0 radical (unpaired) electrons. The van der Waals surface area contributed by atoms with Crippen LogP contribution in [0.5, 0.6) is 0 Å². The van der Waals surface area contributed by atoms with Crippen molar-refractivity contribution < 1.29 is 9.59 Å². The SMILES string of the molecule is CCCN1Cc2cc(N3CCCc4cc(C(=O)N5CCCCC5)cnc43)ccc2C1=O. The highest BCUT2D eigenvalue weighted by Gasteiger charge is 2.29. The van der Waals surface area contributed by atoms with Gasteiger partial charge in [0.1, 0.15) is 5.82 Å². The van der Waals surface area contributed by atoms with E-state index in [4.69, 9.17) is 4.98 Å². The average molecular weight is 419 g/mol. The van der Waals surface area contributed by atoms with E-state index in [0.717, 1.165) is 86.5 Å². The van der Waals surface area contributed by atoms with E-state index in [1.807, 2.05) is 28.0 Å². The number of aryl methyl sites for hydroxylation is 1. The topological polar surface area (TPSA) is 56.8 Å². The van der Waals surface area contributed by atoms with Crippen LogP contribution in [0, 0.1) is 0 Å². The molecule has 0 atom stereocenters. The summed E-state index contributed by atoms with van der Waals surface area (Å²) in [5.41, 5.74) is 4.84. The van der Waals surface area contributed by atoms with Crippen molar-refractivity contribution in [3.63, 3.8) is 0 Å². The molecule has 0 bridgehead atoms. The largest absolute Gasteiger partial charge is 0.339 e. The lowest BCUT2D eigenvalue weighted by Gasteiger charge is -2.31. The van der Waals surface area contributed by atoms with Gasteiger partial charge in [-0.15, -0.1) is 0 Å². The quantitative estimate of drug-likeness (QED) is 0.748. The fraction of sp³-hybridized carbons (Fsp3) is 0.480. The number of anilines is 2. The number of piperidine rings is 1. The van der Waals surface area contributed by atoms with Crippen LogP contribution in [0.4, 0.5) is 11.5 Å². The molecular weight excluding hydrogens is 388 g/mol. The first-order chi connectivity index (χ1) is 15.2. The van der Waals surface area contributed by atoms with Gasteiger partial charge in [0.15, 0.2) is 0 Å². The Morgan fingerprint density at radius 1 is 1.03 bits per heavy atom. The molecule has 6 heteroatoms. The number of carbonyl (C=O) groups excluding carboxylic acids is 2. The number of fused-ring (bicyclic) bond motifs is 2. The summed E-state index contributed by atoms with van der Waals surface area (Å²) in [6, 6.07) is 8.19. The van der Waals surface area contributed by atoms with E-state index in [1.165, 1.54) is 6.42 Å². The van der Waals surface area contributed by atoms with E-state index in [9.17, 15) is 9.59 Å². The maximum absolute atomic E-state index is 12.9. The maximum atomic E-state index is 12.9. The second kappa shape index (κ2) is 8.33. The molecule has 4 heterocycles. The van der Waals surface area contributed by atoms with Crippen LogP contribution >= 0.6 is 0 Å².